The van der Waals surface area contributed by atoms with Crippen molar-refractivity contribution in [3.63, 3.8) is 0 Å². The summed E-state index contributed by atoms with van der Waals surface area (Å²) >= 11 is 0. The van der Waals surface area contributed by atoms with Crippen LogP contribution >= 0.6 is 0 Å². The molecule has 0 fully saturated rings. The Hall–Kier alpha value is -4.09. The SMILES string of the molecule is CC1=CC2c3ccccc3C(C[n+]3ccc(C)cc3C3=C=C=CC=C3)N2C=C1c1ccccc1. The van der Waals surface area contributed by atoms with Crippen molar-refractivity contribution >= 4 is 11.1 Å². The molecule has 0 bridgehead atoms. The van der Waals surface area contributed by atoms with E-state index in [-0.39, 0.29) is 12.1 Å². The fourth-order valence-corrected chi connectivity index (χ4v) is 5.35. The summed E-state index contributed by atoms with van der Waals surface area (Å²) in [6, 6.07) is 24.6. The molecule has 0 amide bonds. The van der Waals surface area contributed by atoms with Crippen molar-refractivity contribution < 1.29 is 4.57 Å². The molecule has 0 saturated heterocycles. The Kier molecular flexibility index (Phi) is 5.04. The fourth-order valence-electron chi connectivity index (χ4n) is 5.35. The molecule has 3 aromatic rings. The van der Waals surface area contributed by atoms with Crippen LogP contribution in [-0.4, -0.2) is 4.90 Å². The maximum absolute atomic E-state index is 3.31. The Morgan fingerprint density at radius 1 is 0.941 bits per heavy atom. The number of hydrogen-bond donors (Lipinski definition) is 0. The minimum Gasteiger partial charge on any atom is -0.353 e. The Labute approximate surface area is 201 Å². The van der Waals surface area contributed by atoms with Gasteiger partial charge in [0.05, 0.1) is 11.6 Å². The maximum atomic E-state index is 3.31. The monoisotopic (exact) mass is 439 g/mol. The van der Waals surface area contributed by atoms with Crippen LogP contribution in [0, 0.1) is 6.92 Å². The lowest BCUT2D eigenvalue weighted by Crippen LogP contribution is -2.43. The van der Waals surface area contributed by atoms with Crippen molar-refractivity contribution in [3.05, 3.63) is 148 Å². The normalized spacial score (nSPS) is 19.9. The van der Waals surface area contributed by atoms with E-state index in [0.717, 1.165) is 12.1 Å². The Bertz CT molecular complexity index is 1470. The van der Waals surface area contributed by atoms with Crippen LogP contribution in [0.5, 0.6) is 0 Å². The van der Waals surface area contributed by atoms with Gasteiger partial charge in [-0.05, 0) is 53.8 Å². The van der Waals surface area contributed by atoms with Gasteiger partial charge >= 0.3 is 0 Å². The smallest absolute Gasteiger partial charge is 0.221 e. The molecule has 1 aliphatic carbocycles. The van der Waals surface area contributed by atoms with Crippen LogP contribution in [-0.2, 0) is 6.54 Å². The summed E-state index contributed by atoms with van der Waals surface area (Å²) in [5.74, 6) is 0. The Morgan fingerprint density at radius 3 is 2.53 bits per heavy atom. The highest BCUT2D eigenvalue weighted by Crippen LogP contribution is 2.47. The summed E-state index contributed by atoms with van der Waals surface area (Å²) in [6.07, 6.45) is 13.1. The van der Waals surface area contributed by atoms with E-state index in [4.69, 9.17) is 0 Å². The highest BCUT2D eigenvalue weighted by Gasteiger charge is 2.40. The van der Waals surface area contributed by atoms with E-state index in [0.29, 0.717) is 0 Å². The molecule has 0 spiro atoms. The van der Waals surface area contributed by atoms with E-state index in [1.807, 2.05) is 12.2 Å². The second kappa shape index (κ2) is 8.36. The standard InChI is InChI=1S/C32H27N2/c1-23-17-18-33(30(19-23)26-13-7-4-8-14-26)22-32-28-16-10-9-15-27(28)31-20-24(2)29(21-34(31)32)25-11-5-3-6-12-25/h3-7,9-13,15-21,31-32H,22H2,1-2H3/q+1. The number of benzene rings is 2. The van der Waals surface area contributed by atoms with Gasteiger partial charge in [0.25, 0.3) is 0 Å². The van der Waals surface area contributed by atoms with Crippen molar-refractivity contribution in [3.8, 4) is 0 Å². The molecule has 6 rings (SSSR count). The summed E-state index contributed by atoms with van der Waals surface area (Å²) in [7, 11) is 0. The minimum atomic E-state index is 0.239. The van der Waals surface area contributed by atoms with Gasteiger partial charge in [-0.1, -0.05) is 78.2 Å². The summed E-state index contributed by atoms with van der Waals surface area (Å²) < 4.78 is 2.37. The molecule has 3 aliphatic rings. The van der Waals surface area contributed by atoms with Crippen molar-refractivity contribution in [2.75, 3.05) is 0 Å². The third kappa shape index (κ3) is 3.51. The topological polar surface area (TPSA) is 7.12 Å². The lowest BCUT2D eigenvalue weighted by molar-refractivity contribution is -0.704. The van der Waals surface area contributed by atoms with Crippen LogP contribution in [0.15, 0.2) is 120 Å². The molecule has 0 N–H and O–H groups in total. The highest BCUT2D eigenvalue weighted by atomic mass is 15.2. The number of rotatable bonds is 4. The van der Waals surface area contributed by atoms with Crippen molar-refractivity contribution in [2.24, 2.45) is 0 Å². The molecule has 2 aliphatic heterocycles. The summed E-state index contributed by atoms with van der Waals surface area (Å²) in [5.41, 5.74) is 16.6. The van der Waals surface area contributed by atoms with Gasteiger partial charge in [-0.2, -0.15) is 4.57 Å². The number of fused-ring (bicyclic) bond motifs is 3. The maximum Gasteiger partial charge on any atom is 0.221 e. The molecular formula is C32H27N2+. The van der Waals surface area contributed by atoms with Crippen LogP contribution in [0.4, 0.5) is 0 Å². The molecule has 34 heavy (non-hydrogen) atoms. The molecule has 2 nitrogen and oxygen atoms in total. The fraction of sp³-hybridized carbons (Fsp3) is 0.156. The van der Waals surface area contributed by atoms with Crippen molar-refractivity contribution in [1.82, 2.24) is 4.90 Å². The first-order valence-corrected chi connectivity index (χ1v) is 11.9. The Balaban J connectivity index is 1.46. The zero-order valence-electron chi connectivity index (χ0n) is 19.6. The molecule has 1 aromatic heterocycles. The summed E-state index contributed by atoms with van der Waals surface area (Å²) in [6.45, 7) is 5.24. The van der Waals surface area contributed by atoms with E-state index in [1.54, 1.807) is 0 Å². The van der Waals surface area contributed by atoms with Crippen LogP contribution in [0.3, 0.4) is 0 Å². The number of pyridine rings is 1. The van der Waals surface area contributed by atoms with Crippen LogP contribution < -0.4 is 4.57 Å². The van der Waals surface area contributed by atoms with Gasteiger partial charge in [-0.25, -0.2) is 0 Å². The zero-order valence-corrected chi connectivity index (χ0v) is 19.6. The number of hydrogen-bond acceptors (Lipinski definition) is 1. The Morgan fingerprint density at radius 2 is 1.74 bits per heavy atom. The molecular weight excluding hydrogens is 412 g/mol. The van der Waals surface area contributed by atoms with E-state index in [9.17, 15) is 0 Å². The minimum absolute atomic E-state index is 0.239. The number of aryl methyl sites for hydroxylation is 1. The van der Waals surface area contributed by atoms with E-state index < -0.39 is 0 Å². The number of nitrogens with zero attached hydrogens (tertiary/aromatic N) is 2. The number of allylic oxidation sites excluding steroid dienone is 6. The molecule has 2 aromatic carbocycles. The van der Waals surface area contributed by atoms with Gasteiger partial charge in [0.15, 0.2) is 12.7 Å². The average molecular weight is 440 g/mol. The lowest BCUT2D eigenvalue weighted by atomic mass is 9.93. The van der Waals surface area contributed by atoms with Crippen LogP contribution in [0.1, 0.15) is 47.0 Å². The molecule has 3 heterocycles. The van der Waals surface area contributed by atoms with Crippen LogP contribution in [0.2, 0.25) is 0 Å². The van der Waals surface area contributed by atoms with E-state index >= 15 is 0 Å². The second-order valence-corrected chi connectivity index (χ2v) is 9.25. The molecule has 2 unspecified atom stereocenters. The molecule has 2 atom stereocenters. The quantitative estimate of drug-likeness (QED) is 0.326. The zero-order chi connectivity index (χ0) is 23.1. The van der Waals surface area contributed by atoms with Gasteiger partial charge in [0.1, 0.15) is 6.04 Å². The molecule has 0 saturated carbocycles. The van der Waals surface area contributed by atoms with Gasteiger partial charge < -0.3 is 4.90 Å². The van der Waals surface area contributed by atoms with Gasteiger partial charge in [-0.3, -0.25) is 0 Å². The lowest BCUT2D eigenvalue weighted by Gasteiger charge is -2.32. The molecule has 0 radical (unpaired) electrons. The van der Waals surface area contributed by atoms with Crippen LogP contribution in [0.25, 0.3) is 11.1 Å². The van der Waals surface area contributed by atoms with E-state index in [2.05, 4.69) is 126 Å². The highest BCUT2D eigenvalue weighted by molar-refractivity contribution is 5.80. The van der Waals surface area contributed by atoms with Gasteiger partial charge in [0, 0.05) is 23.9 Å². The first-order valence-electron chi connectivity index (χ1n) is 11.9. The third-order valence-corrected chi connectivity index (χ3v) is 7.04. The van der Waals surface area contributed by atoms with Crippen molar-refractivity contribution in [1.29, 1.82) is 0 Å². The summed E-state index contributed by atoms with van der Waals surface area (Å²) in [4.78, 5) is 2.55. The third-order valence-electron chi connectivity index (χ3n) is 7.04. The number of aromatic nitrogens is 1. The second-order valence-electron chi connectivity index (χ2n) is 9.25. The van der Waals surface area contributed by atoms with Gasteiger partial charge in [0.2, 0.25) is 5.69 Å². The first kappa shape index (κ1) is 20.5. The predicted molar refractivity (Wildman–Crippen MR) is 137 cm³/mol. The molecule has 2 heteroatoms. The molecule has 164 valence electrons. The first-order chi connectivity index (χ1) is 16.7. The van der Waals surface area contributed by atoms with Gasteiger partial charge in [-0.15, -0.1) is 0 Å². The largest absolute Gasteiger partial charge is 0.353 e. The average Bonchev–Trinajstić information content (AvgIpc) is 3.18. The van der Waals surface area contributed by atoms with E-state index in [1.165, 1.54) is 39.1 Å². The van der Waals surface area contributed by atoms with Crippen molar-refractivity contribution in [2.45, 2.75) is 32.5 Å². The predicted octanol–water partition coefficient (Wildman–Crippen LogP) is 6.64. The summed E-state index contributed by atoms with van der Waals surface area (Å²) in [5, 5.41) is 0.